The van der Waals surface area contributed by atoms with Gasteiger partial charge in [0.05, 0.1) is 24.0 Å². The second-order valence-electron chi connectivity index (χ2n) is 19.0. The molecule has 1 saturated heterocycles. The molecule has 4 fully saturated rings. The number of ketones is 2. The third-order valence-corrected chi connectivity index (χ3v) is 14.1. The smallest absolute Gasteiger partial charge is 0.314 e. The van der Waals surface area contributed by atoms with E-state index in [1.54, 1.807) is 0 Å². The quantitative estimate of drug-likeness (QED) is 0.118. The summed E-state index contributed by atoms with van der Waals surface area (Å²) in [6.45, 7) is 21.0. The topological polar surface area (TPSA) is 146 Å². The van der Waals surface area contributed by atoms with E-state index < -0.39 is 69.4 Å². The van der Waals surface area contributed by atoms with E-state index in [1.807, 2.05) is 32.9 Å². The zero-order valence-corrected chi connectivity index (χ0v) is 33.1. The van der Waals surface area contributed by atoms with Crippen molar-refractivity contribution < 1.29 is 42.9 Å². The Balaban J connectivity index is 1.53. The molecule has 1 heterocycles. The number of nitrogens with zero attached hydrogens (tertiary/aromatic N) is 1. The van der Waals surface area contributed by atoms with Gasteiger partial charge in [-0.15, -0.1) is 0 Å². The molecule has 0 radical (unpaired) electrons. The van der Waals surface area contributed by atoms with Crippen LogP contribution in [0, 0.1) is 61.6 Å². The molecular formula is C42H59NO9. The number of allylic oxidation sites excluding steroid dienone is 4. The molecule has 6 unspecified atom stereocenters. The summed E-state index contributed by atoms with van der Waals surface area (Å²) in [7, 11) is 0. The zero-order valence-electron chi connectivity index (χ0n) is 33.1. The number of ether oxygens (including phenoxy) is 4. The predicted molar refractivity (Wildman–Crippen MR) is 192 cm³/mol. The molecule has 10 atom stereocenters. The highest BCUT2D eigenvalue weighted by molar-refractivity contribution is 6.03. The van der Waals surface area contributed by atoms with Gasteiger partial charge in [-0.3, -0.25) is 24.0 Å². The Kier molecular flexibility index (Phi) is 10.4. The van der Waals surface area contributed by atoms with Crippen LogP contribution < -0.4 is 0 Å². The van der Waals surface area contributed by atoms with Gasteiger partial charge in [0.25, 0.3) is 0 Å². The minimum Gasteiger partial charge on any atom is -0.458 e. The molecule has 0 aromatic heterocycles. The Morgan fingerprint density at radius 3 is 2.13 bits per heavy atom. The van der Waals surface area contributed by atoms with E-state index in [2.05, 4.69) is 47.6 Å². The van der Waals surface area contributed by atoms with Gasteiger partial charge < -0.3 is 18.9 Å². The minimum absolute atomic E-state index is 0.00278. The van der Waals surface area contributed by atoms with E-state index in [0.717, 1.165) is 24.8 Å². The van der Waals surface area contributed by atoms with Gasteiger partial charge in [0.1, 0.15) is 12.2 Å². The van der Waals surface area contributed by atoms with Crippen LogP contribution in [0.15, 0.2) is 23.3 Å². The molecule has 1 aliphatic heterocycles. The Hall–Kier alpha value is -3.32. The van der Waals surface area contributed by atoms with Crippen molar-refractivity contribution in [3.8, 4) is 6.07 Å². The van der Waals surface area contributed by atoms with Crippen LogP contribution in [0.1, 0.15) is 128 Å². The van der Waals surface area contributed by atoms with E-state index in [9.17, 15) is 29.2 Å². The van der Waals surface area contributed by atoms with Gasteiger partial charge in [0.15, 0.2) is 17.7 Å². The summed E-state index contributed by atoms with van der Waals surface area (Å²) in [5.74, 6) is -2.33. The highest BCUT2D eigenvalue weighted by Gasteiger charge is 2.69. The Morgan fingerprint density at radius 2 is 1.54 bits per heavy atom. The van der Waals surface area contributed by atoms with Crippen molar-refractivity contribution in [2.24, 2.45) is 50.2 Å². The van der Waals surface area contributed by atoms with Crippen molar-refractivity contribution >= 4 is 29.5 Å². The van der Waals surface area contributed by atoms with Gasteiger partial charge in [-0.1, -0.05) is 74.0 Å². The maximum absolute atomic E-state index is 14.9. The van der Waals surface area contributed by atoms with Crippen LogP contribution in [-0.2, 0) is 42.9 Å². The summed E-state index contributed by atoms with van der Waals surface area (Å²) in [6, 6.07) is 2.20. The van der Waals surface area contributed by atoms with Crippen LogP contribution >= 0.6 is 0 Å². The highest BCUT2D eigenvalue weighted by Crippen LogP contribution is 2.73. The number of Topliss-reactive ketones (excluding diaryl/α,β-unsaturated/α-hetero) is 1. The molecule has 5 rings (SSSR count). The van der Waals surface area contributed by atoms with Crippen molar-refractivity contribution in [2.75, 3.05) is 6.61 Å². The summed E-state index contributed by atoms with van der Waals surface area (Å²) >= 11 is 0. The monoisotopic (exact) mass is 721 g/mol. The molecule has 10 nitrogen and oxygen atoms in total. The number of hydrogen-bond acceptors (Lipinski definition) is 10. The average molecular weight is 722 g/mol. The van der Waals surface area contributed by atoms with Crippen molar-refractivity contribution in [3.05, 3.63) is 23.3 Å². The van der Waals surface area contributed by atoms with Crippen LogP contribution in [0.2, 0.25) is 0 Å². The molecule has 0 aromatic rings. The van der Waals surface area contributed by atoms with E-state index in [-0.39, 0.29) is 47.4 Å². The fourth-order valence-electron chi connectivity index (χ4n) is 10.7. The van der Waals surface area contributed by atoms with E-state index in [4.69, 9.17) is 18.9 Å². The lowest BCUT2D eigenvalue weighted by molar-refractivity contribution is -0.242. The van der Waals surface area contributed by atoms with Gasteiger partial charge in [-0.05, 0) is 79.1 Å². The molecular weight excluding hydrogens is 662 g/mol. The maximum atomic E-state index is 14.9. The van der Waals surface area contributed by atoms with Crippen LogP contribution in [0.25, 0.3) is 0 Å². The zero-order chi connectivity index (χ0) is 38.8. The Morgan fingerprint density at radius 1 is 0.923 bits per heavy atom. The maximum Gasteiger partial charge on any atom is 0.314 e. The molecule has 286 valence electrons. The van der Waals surface area contributed by atoms with Crippen molar-refractivity contribution in [1.29, 1.82) is 5.26 Å². The largest absolute Gasteiger partial charge is 0.458 e. The number of carbonyl (C=O) groups is 5. The van der Waals surface area contributed by atoms with Crippen molar-refractivity contribution in [2.45, 2.75) is 146 Å². The van der Waals surface area contributed by atoms with Crippen LogP contribution in [0.5, 0.6) is 0 Å². The fraction of sp³-hybridized carbons (Fsp3) is 0.762. The van der Waals surface area contributed by atoms with E-state index >= 15 is 0 Å². The molecule has 0 spiro atoms. The second-order valence-corrected chi connectivity index (χ2v) is 19.0. The van der Waals surface area contributed by atoms with Gasteiger partial charge in [0.2, 0.25) is 6.29 Å². The molecule has 4 aliphatic carbocycles. The summed E-state index contributed by atoms with van der Waals surface area (Å²) in [4.78, 5) is 66.5. The van der Waals surface area contributed by atoms with Crippen LogP contribution in [0.4, 0.5) is 0 Å². The van der Waals surface area contributed by atoms with Crippen molar-refractivity contribution in [3.63, 3.8) is 0 Å². The first-order valence-electron chi connectivity index (χ1n) is 19.1. The van der Waals surface area contributed by atoms with E-state index in [1.165, 1.54) is 13.8 Å². The van der Waals surface area contributed by atoms with Gasteiger partial charge in [-0.2, -0.15) is 5.26 Å². The summed E-state index contributed by atoms with van der Waals surface area (Å²) in [6.07, 6.45) is 5.95. The fourth-order valence-corrected chi connectivity index (χ4v) is 10.7. The second kappa shape index (κ2) is 13.5. The van der Waals surface area contributed by atoms with Crippen LogP contribution in [0.3, 0.4) is 0 Å². The number of fused-ring (bicyclic) bond motifs is 5. The first-order chi connectivity index (χ1) is 23.9. The van der Waals surface area contributed by atoms with E-state index in [0.29, 0.717) is 25.7 Å². The molecule has 3 saturated carbocycles. The molecule has 10 heteroatoms. The summed E-state index contributed by atoms with van der Waals surface area (Å²) in [5.41, 5.74) is -2.25. The SMILES string of the molecule is CC(=O)OC1CC(OC(=O)[C@]23CCC(C)(C)CC2C2C(=O)C=C4[C@@](C)(/C=C(/C#N)C(=O)C(C)(C)C)C(C)CC[C@@]4(C)C2(C)CC3)OC[C@@H]1OC(C)=O. The molecule has 0 N–H and O–H groups in total. The Labute approximate surface area is 309 Å². The molecule has 5 aliphatic rings. The third-order valence-electron chi connectivity index (χ3n) is 14.1. The number of hydrogen-bond donors (Lipinski definition) is 0. The summed E-state index contributed by atoms with van der Waals surface area (Å²) in [5, 5.41) is 10.2. The standard InChI is InChI=1S/C42H59NO9/c1-24-12-13-40(10)32(39(24,9)20-27(22-43)35(47)37(4,5)6)18-29(46)34-28-21-38(7,8)14-16-42(28,17-15-41(34,40)11)36(48)52-33-19-30(50-25(2)44)31(23-49-33)51-26(3)45/h18,20,24,28,30-31,33-34H,12-17,19,21,23H2,1-11H3/b27-20-/t24?,28?,30?,31-,33?,34?,39-,40+,41?,42-/m0/s1. The number of carbonyl (C=O) groups excluding carboxylic acids is 5. The third kappa shape index (κ3) is 6.69. The predicted octanol–water partition coefficient (Wildman–Crippen LogP) is 7.39. The highest BCUT2D eigenvalue weighted by atomic mass is 16.7. The first kappa shape index (κ1) is 39.9. The normalized spacial score (nSPS) is 40.1. The number of rotatable bonds is 6. The number of esters is 3. The average Bonchev–Trinajstić information content (AvgIpc) is 3.03. The van der Waals surface area contributed by atoms with Crippen molar-refractivity contribution in [1.82, 2.24) is 0 Å². The van der Waals surface area contributed by atoms with Gasteiger partial charge >= 0.3 is 17.9 Å². The number of nitriles is 1. The minimum atomic E-state index is -1.01. The first-order valence-corrected chi connectivity index (χ1v) is 19.1. The molecule has 52 heavy (non-hydrogen) atoms. The molecule has 0 bridgehead atoms. The Bertz CT molecular complexity index is 1630. The molecule has 0 amide bonds. The molecule has 0 aromatic carbocycles. The van der Waals surface area contributed by atoms with Gasteiger partial charge in [-0.25, -0.2) is 0 Å². The van der Waals surface area contributed by atoms with Gasteiger partial charge in [0, 0.05) is 30.6 Å². The van der Waals surface area contributed by atoms with Crippen LogP contribution in [-0.4, -0.2) is 54.6 Å². The lowest BCUT2D eigenvalue weighted by atomic mass is 9.35. The lowest BCUT2D eigenvalue weighted by Gasteiger charge is -2.67. The lowest BCUT2D eigenvalue weighted by Crippen LogP contribution is -2.65. The summed E-state index contributed by atoms with van der Waals surface area (Å²) < 4.78 is 22.8.